The lowest BCUT2D eigenvalue weighted by molar-refractivity contribution is 0.0731. The Balaban J connectivity index is 1.85. The Labute approximate surface area is 133 Å². The molecule has 3 rings (SSSR count). The Morgan fingerprint density at radius 1 is 1.36 bits per heavy atom. The summed E-state index contributed by atoms with van der Waals surface area (Å²) in [6.45, 7) is 3.96. The summed E-state index contributed by atoms with van der Waals surface area (Å²) in [5.41, 5.74) is 1.58. The molecule has 5 heteroatoms. The van der Waals surface area contributed by atoms with Crippen molar-refractivity contribution >= 4 is 17.2 Å². The number of carbonyl (C=O) groups excluding carboxylic acids is 1. The van der Waals surface area contributed by atoms with Crippen LogP contribution in [0.3, 0.4) is 0 Å². The zero-order valence-corrected chi connectivity index (χ0v) is 13.8. The third-order valence-electron chi connectivity index (χ3n) is 4.32. The lowest BCUT2D eigenvalue weighted by atomic mass is 10.2. The maximum Gasteiger partial charge on any atom is 0.265 e. The Morgan fingerprint density at radius 3 is 2.59 bits per heavy atom. The van der Waals surface area contributed by atoms with Crippen LogP contribution in [-0.2, 0) is 0 Å². The molecule has 22 heavy (non-hydrogen) atoms. The SMILES string of the molecule is Cc1nc(-c2ccc(F)cc2)sc1C(=O)N(C)[C@H](C)C1CC1. The van der Waals surface area contributed by atoms with Crippen LogP contribution in [-0.4, -0.2) is 28.9 Å². The Kier molecular flexibility index (Phi) is 4.00. The summed E-state index contributed by atoms with van der Waals surface area (Å²) in [4.78, 5) is 19.7. The fourth-order valence-electron chi connectivity index (χ4n) is 2.55. The van der Waals surface area contributed by atoms with Crippen LogP contribution in [0, 0.1) is 18.7 Å². The minimum absolute atomic E-state index is 0.0303. The predicted molar refractivity (Wildman–Crippen MR) is 86.5 cm³/mol. The molecular formula is C17H19FN2OS. The molecule has 1 heterocycles. The van der Waals surface area contributed by atoms with Gasteiger partial charge in [0.15, 0.2) is 0 Å². The number of benzene rings is 1. The average Bonchev–Trinajstić information content (AvgIpc) is 3.28. The van der Waals surface area contributed by atoms with Gasteiger partial charge in [-0.3, -0.25) is 4.79 Å². The third-order valence-corrected chi connectivity index (χ3v) is 5.51. The van der Waals surface area contributed by atoms with Crippen molar-refractivity contribution in [3.63, 3.8) is 0 Å². The minimum atomic E-state index is -0.272. The van der Waals surface area contributed by atoms with E-state index in [1.165, 1.54) is 36.3 Å². The van der Waals surface area contributed by atoms with Crippen LogP contribution in [0.2, 0.25) is 0 Å². The molecule has 1 atom stereocenters. The van der Waals surface area contributed by atoms with Crippen molar-refractivity contribution in [3.8, 4) is 10.6 Å². The zero-order chi connectivity index (χ0) is 15.9. The average molecular weight is 318 g/mol. The van der Waals surface area contributed by atoms with Crippen LogP contribution in [0.1, 0.15) is 35.1 Å². The van der Waals surface area contributed by atoms with Crippen LogP contribution in [0.15, 0.2) is 24.3 Å². The molecule has 1 saturated carbocycles. The largest absolute Gasteiger partial charge is 0.338 e. The van der Waals surface area contributed by atoms with Gasteiger partial charge in [0.1, 0.15) is 15.7 Å². The van der Waals surface area contributed by atoms with E-state index in [9.17, 15) is 9.18 Å². The van der Waals surface area contributed by atoms with Crippen molar-refractivity contribution in [2.24, 2.45) is 5.92 Å². The molecule has 1 fully saturated rings. The van der Waals surface area contributed by atoms with E-state index in [-0.39, 0.29) is 17.8 Å². The molecule has 0 bridgehead atoms. The minimum Gasteiger partial charge on any atom is -0.338 e. The molecule has 1 aliphatic rings. The third kappa shape index (κ3) is 2.90. The second kappa shape index (κ2) is 5.80. The number of aromatic nitrogens is 1. The molecule has 0 aliphatic heterocycles. The van der Waals surface area contributed by atoms with Gasteiger partial charge in [-0.1, -0.05) is 0 Å². The second-order valence-corrected chi connectivity index (χ2v) is 6.93. The van der Waals surface area contributed by atoms with Gasteiger partial charge in [-0.15, -0.1) is 11.3 Å². The summed E-state index contributed by atoms with van der Waals surface area (Å²) in [6, 6.07) is 6.48. The van der Waals surface area contributed by atoms with Crippen molar-refractivity contribution < 1.29 is 9.18 Å². The van der Waals surface area contributed by atoms with Gasteiger partial charge in [-0.05, 0) is 56.9 Å². The summed E-state index contributed by atoms with van der Waals surface area (Å²) >= 11 is 1.38. The van der Waals surface area contributed by atoms with E-state index in [4.69, 9.17) is 0 Å². The van der Waals surface area contributed by atoms with Gasteiger partial charge in [0.25, 0.3) is 5.91 Å². The van der Waals surface area contributed by atoms with Gasteiger partial charge in [0.2, 0.25) is 0 Å². The highest BCUT2D eigenvalue weighted by Crippen LogP contribution is 2.36. The molecule has 0 saturated heterocycles. The van der Waals surface area contributed by atoms with Gasteiger partial charge in [-0.2, -0.15) is 0 Å². The maximum absolute atomic E-state index is 13.0. The normalized spacial score (nSPS) is 15.6. The van der Waals surface area contributed by atoms with E-state index < -0.39 is 0 Å². The summed E-state index contributed by atoms with van der Waals surface area (Å²) in [5.74, 6) is 0.396. The maximum atomic E-state index is 13.0. The molecule has 1 amide bonds. The molecule has 0 spiro atoms. The molecule has 0 radical (unpaired) electrons. The molecule has 0 unspecified atom stereocenters. The number of hydrogen-bond acceptors (Lipinski definition) is 3. The smallest absolute Gasteiger partial charge is 0.265 e. The molecule has 2 aromatic rings. The van der Waals surface area contributed by atoms with Crippen molar-refractivity contribution in [3.05, 3.63) is 40.7 Å². The first kappa shape index (κ1) is 15.2. The van der Waals surface area contributed by atoms with Crippen molar-refractivity contribution in [1.29, 1.82) is 0 Å². The number of hydrogen-bond donors (Lipinski definition) is 0. The zero-order valence-electron chi connectivity index (χ0n) is 13.0. The first-order chi connectivity index (χ1) is 10.5. The van der Waals surface area contributed by atoms with Gasteiger partial charge >= 0.3 is 0 Å². The van der Waals surface area contributed by atoms with Crippen LogP contribution >= 0.6 is 11.3 Å². The first-order valence-corrected chi connectivity index (χ1v) is 8.29. The number of rotatable bonds is 4. The highest BCUT2D eigenvalue weighted by atomic mass is 32.1. The van der Waals surface area contributed by atoms with Crippen LogP contribution < -0.4 is 0 Å². The number of thiazole rings is 1. The number of nitrogens with zero attached hydrogens (tertiary/aromatic N) is 2. The molecule has 0 N–H and O–H groups in total. The molecular weight excluding hydrogens is 299 g/mol. The predicted octanol–water partition coefficient (Wildman–Crippen LogP) is 4.13. The van der Waals surface area contributed by atoms with Crippen molar-refractivity contribution in [1.82, 2.24) is 9.88 Å². The van der Waals surface area contributed by atoms with E-state index in [0.717, 1.165) is 16.3 Å². The van der Waals surface area contributed by atoms with E-state index in [0.29, 0.717) is 10.8 Å². The lowest BCUT2D eigenvalue weighted by Gasteiger charge is -2.24. The van der Waals surface area contributed by atoms with E-state index in [1.54, 1.807) is 12.1 Å². The first-order valence-electron chi connectivity index (χ1n) is 7.48. The van der Waals surface area contributed by atoms with Crippen molar-refractivity contribution in [2.75, 3.05) is 7.05 Å². The van der Waals surface area contributed by atoms with Crippen LogP contribution in [0.25, 0.3) is 10.6 Å². The van der Waals surface area contributed by atoms with E-state index in [1.807, 2.05) is 18.9 Å². The number of amides is 1. The van der Waals surface area contributed by atoms with Crippen molar-refractivity contribution in [2.45, 2.75) is 32.7 Å². The van der Waals surface area contributed by atoms with Gasteiger partial charge in [0.05, 0.1) is 5.69 Å². The highest BCUT2D eigenvalue weighted by Gasteiger charge is 2.33. The molecule has 3 nitrogen and oxygen atoms in total. The monoisotopic (exact) mass is 318 g/mol. The number of halogens is 1. The van der Waals surface area contributed by atoms with Gasteiger partial charge in [0, 0.05) is 18.7 Å². The van der Waals surface area contributed by atoms with E-state index in [2.05, 4.69) is 11.9 Å². The summed E-state index contributed by atoms with van der Waals surface area (Å²) in [7, 11) is 1.86. The van der Waals surface area contributed by atoms with Gasteiger partial charge in [-0.25, -0.2) is 9.37 Å². The second-order valence-electron chi connectivity index (χ2n) is 5.93. The summed E-state index contributed by atoms with van der Waals surface area (Å²) < 4.78 is 13.0. The Bertz CT molecular complexity index is 691. The fraction of sp³-hybridized carbons (Fsp3) is 0.412. The van der Waals surface area contributed by atoms with E-state index >= 15 is 0 Å². The topological polar surface area (TPSA) is 33.2 Å². The molecule has 1 aromatic carbocycles. The summed E-state index contributed by atoms with van der Waals surface area (Å²) in [6.07, 6.45) is 2.42. The Morgan fingerprint density at radius 2 is 2.00 bits per heavy atom. The quantitative estimate of drug-likeness (QED) is 0.849. The molecule has 116 valence electrons. The number of carbonyl (C=O) groups is 1. The summed E-state index contributed by atoms with van der Waals surface area (Å²) in [5, 5.41) is 0.758. The standard InChI is InChI=1S/C17H19FN2OS/c1-10-15(17(21)20(3)11(2)12-4-5-12)22-16(19-10)13-6-8-14(18)9-7-13/h6-9,11-12H,4-5H2,1-3H3/t11-/m1/s1. The van der Waals surface area contributed by atoms with Crippen LogP contribution in [0.5, 0.6) is 0 Å². The molecule has 1 aromatic heterocycles. The van der Waals surface area contributed by atoms with Crippen LogP contribution in [0.4, 0.5) is 4.39 Å². The highest BCUT2D eigenvalue weighted by molar-refractivity contribution is 7.17. The Hall–Kier alpha value is -1.75. The fourth-order valence-corrected chi connectivity index (χ4v) is 3.61. The van der Waals surface area contributed by atoms with Gasteiger partial charge < -0.3 is 4.90 Å². The number of aryl methyl sites for hydroxylation is 1. The molecule has 1 aliphatic carbocycles. The lowest BCUT2D eigenvalue weighted by Crippen LogP contribution is -2.36.